The van der Waals surface area contributed by atoms with E-state index in [0.717, 1.165) is 5.65 Å². The molecule has 3 aromatic heterocycles. The van der Waals surface area contributed by atoms with Gasteiger partial charge in [-0.1, -0.05) is 6.07 Å². The van der Waals surface area contributed by atoms with Gasteiger partial charge in [0.2, 0.25) is 5.22 Å². The maximum Gasteiger partial charge on any atom is 0.256 e. The molecule has 3 heterocycles. The van der Waals surface area contributed by atoms with Gasteiger partial charge in [0.15, 0.2) is 11.5 Å². The lowest BCUT2D eigenvalue weighted by Gasteiger charge is -2.11. The lowest BCUT2D eigenvalue weighted by molar-refractivity contribution is 0.0937. The summed E-state index contributed by atoms with van der Waals surface area (Å²) < 4.78 is 6.72. The predicted octanol–water partition coefficient (Wildman–Crippen LogP) is 2.47. The van der Waals surface area contributed by atoms with E-state index in [1.807, 2.05) is 35.7 Å². The Kier molecular flexibility index (Phi) is 3.15. The Morgan fingerprint density at radius 2 is 2.25 bits per heavy atom. The Balaban J connectivity index is 1.85. The molecule has 6 nitrogen and oxygen atoms in total. The molecule has 0 spiro atoms. The second-order valence-corrected chi connectivity index (χ2v) is 4.63. The number of pyridine rings is 1. The summed E-state index contributed by atoms with van der Waals surface area (Å²) in [6, 6.07) is 6.80. The molecule has 0 radical (unpaired) electrons. The van der Waals surface area contributed by atoms with Crippen LogP contribution in [0.25, 0.3) is 5.65 Å². The number of halogens is 1. The van der Waals surface area contributed by atoms with Crippen molar-refractivity contribution in [1.29, 1.82) is 0 Å². The summed E-state index contributed by atoms with van der Waals surface area (Å²) in [5, 5.41) is 11.0. The van der Waals surface area contributed by atoms with Crippen LogP contribution in [0.5, 0.6) is 0 Å². The van der Waals surface area contributed by atoms with Crippen molar-refractivity contribution < 1.29 is 9.21 Å². The smallest absolute Gasteiger partial charge is 0.256 e. The van der Waals surface area contributed by atoms with E-state index in [4.69, 9.17) is 16.0 Å². The number of nitrogens with zero attached hydrogens (tertiary/aromatic N) is 3. The van der Waals surface area contributed by atoms with Crippen LogP contribution in [-0.4, -0.2) is 20.5 Å². The molecule has 0 aliphatic rings. The SMILES string of the molecule is CC(NC(=O)c1ccoc1Cl)c1nnc2ccccn12. The van der Waals surface area contributed by atoms with Crippen LogP contribution in [0.1, 0.15) is 29.1 Å². The Labute approximate surface area is 119 Å². The van der Waals surface area contributed by atoms with Crippen molar-refractivity contribution in [3.63, 3.8) is 0 Å². The number of carbonyl (C=O) groups is 1. The van der Waals surface area contributed by atoms with Crippen LogP contribution in [-0.2, 0) is 0 Å². The van der Waals surface area contributed by atoms with Gasteiger partial charge >= 0.3 is 0 Å². The minimum atomic E-state index is -0.316. The van der Waals surface area contributed by atoms with Gasteiger partial charge in [0.05, 0.1) is 17.9 Å². The van der Waals surface area contributed by atoms with Crippen LogP contribution in [0.4, 0.5) is 0 Å². The number of rotatable bonds is 3. The topological polar surface area (TPSA) is 72.4 Å². The zero-order chi connectivity index (χ0) is 14.1. The first kappa shape index (κ1) is 12.7. The van der Waals surface area contributed by atoms with Gasteiger partial charge in [-0.25, -0.2) is 0 Å². The zero-order valence-corrected chi connectivity index (χ0v) is 11.3. The lowest BCUT2D eigenvalue weighted by Crippen LogP contribution is -2.27. The van der Waals surface area contributed by atoms with Gasteiger partial charge in [-0.15, -0.1) is 10.2 Å². The first-order valence-electron chi connectivity index (χ1n) is 6.00. The maximum atomic E-state index is 12.1. The average Bonchev–Trinajstić information content (AvgIpc) is 3.04. The molecule has 102 valence electrons. The molecule has 3 rings (SSSR count). The number of nitrogens with one attached hydrogen (secondary N) is 1. The molecular weight excluding hydrogens is 280 g/mol. The fraction of sp³-hybridized carbons (Fsp3) is 0.154. The van der Waals surface area contributed by atoms with Crippen molar-refractivity contribution in [3.05, 3.63) is 53.3 Å². The summed E-state index contributed by atoms with van der Waals surface area (Å²) >= 11 is 5.78. The molecule has 0 saturated carbocycles. The maximum absolute atomic E-state index is 12.1. The fourth-order valence-corrected chi connectivity index (χ4v) is 2.15. The Morgan fingerprint density at radius 3 is 3.00 bits per heavy atom. The number of amides is 1. The first-order chi connectivity index (χ1) is 9.66. The summed E-state index contributed by atoms with van der Waals surface area (Å²) in [7, 11) is 0. The van der Waals surface area contributed by atoms with Gasteiger partial charge in [-0.3, -0.25) is 9.20 Å². The second-order valence-electron chi connectivity index (χ2n) is 4.29. The van der Waals surface area contributed by atoms with Gasteiger partial charge in [0.1, 0.15) is 0 Å². The van der Waals surface area contributed by atoms with Crippen LogP contribution in [0.2, 0.25) is 5.22 Å². The van der Waals surface area contributed by atoms with Crippen molar-refractivity contribution in [1.82, 2.24) is 19.9 Å². The molecule has 7 heteroatoms. The molecule has 0 aliphatic carbocycles. The van der Waals surface area contributed by atoms with E-state index < -0.39 is 0 Å². The molecule has 0 aromatic carbocycles. The van der Waals surface area contributed by atoms with E-state index >= 15 is 0 Å². The Hall–Kier alpha value is -2.34. The molecule has 1 atom stereocenters. The van der Waals surface area contributed by atoms with Gasteiger partial charge < -0.3 is 9.73 Å². The molecule has 0 saturated heterocycles. The molecule has 20 heavy (non-hydrogen) atoms. The minimum Gasteiger partial charge on any atom is -0.452 e. The number of carbonyl (C=O) groups excluding carboxylic acids is 1. The highest BCUT2D eigenvalue weighted by molar-refractivity contribution is 6.32. The lowest BCUT2D eigenvalue weighted by atomic mass is 10.2. The third kappa shape index (κ3) is 2.14. The minimum absolute atomic E-state index is 0.0702. The highest BCUT2D eigenvalue weighted by Crippen LogP contribution is 2.18. The largest absolute Gasteiger partial charge is 0.452 e. The molecule has 0 bridgehead atoms. The van der Waals surface area contributed by atoms with Crippen molar-refractivity contribution in [3.8, 4) is 0 Å². The number of fused-ring (bicyclic) bond motifs is 1. The number of hydrogen-bond acceptors (Lipinski definition) is 4. The molecular formula is C13H11ClN4O2. The van der Waals surface area contributed by atoms with E-state index in [0.29, 0.717) is 11.4 Å². The van der Waals surface area contributed by atoms with E-state index in [9.17, 15) is 4.79 Å². The molecule has 3 aromatic rings. The summed E-state index contributed by atoms with van der Waals surface area (Å²) in [6.07, 6.45) is 3.21. The van der Waals surface area contributed by atoms with Crippen molar-refractivity contribution >= 4 is 23.2 Å². The van der Waals surface area contributed by atoms with Crippen molar-refractivity contribution in [2.75, 3.05) is 0 Å². The van der Waals surface area contributed by atoms with E-state index in [1.165, 1.54) is 12.3 Å². The summed E-state index contributed by atoms with van der Waals surface area (Å²) in [6.45, 7) is 1.83. The van der Waals surface area contributed by atoms with Gasteiger partial charge in [0, 0.05) is 6.20 Å². The molecule has 0 fully saturated rings. The van der Waals surface area contributed by atoms with E-state index in [-0.39, 0.29) is 17.2 Å². The molecule has 0 aliphatic heterocycles. The van der Waals surface area contributed by atoms with Gasteiger partial charge in [-0.05, 0) is 36.7 Å². The molecule has 1 amide bonds. The van der Waals surface area contributed by atoms with E-state index in [1.54, 1.807) is 0 Å². The third-order valence-electron chi connectivity index (χ3n) is 2.94. The van der Waals surface area contributed by atoms with E-state index in [2.05, 4.69) is 15.5 Å². The first-order valence-corrected chi connectivity index (χ1v) is 6.38. The van der Waals surface area contributed by atoms with Gasteiger partial charge in [-0.2, -0.15) is 0 Å². The molecule has 1 N–H and O–H groups in total. The average molecular weight is 291 g/mol. The number of aromatic nitrogens is 3. The Bertz CT molecular complexity index is 764. The van der Waals surface area contributed by atoms with Crippen LogP contribution in [0, 0.1) is 0 Å². The van der Waals surface area contributed by atoms with Crippen LogP contribution >= 0.6 is 11.6 Å². The standard InChI is InChI=1S/C13H11ClN4O2/c1-8(15-13(19)9-5-7-20-11(9)14)12-17-16-10-4-2-3-6-18(10)12/h2-8H,1H3,(H,15,19). The van der Waals surface area contributed by atoms with Crippen molar-refractivity contribution in [2.24, 2.45) is 0 Å². The fourth-order valence-electron chi connectivity index (χ4n) is 1.95. The van der Waals surface area contributed by atoms with Crippen LogP contribution in [0.3, 0.4) is 0 Å². The quantitative estimate of drug-likeness (QED) is 0.804. The van der Waals surface area contributed by atoms with Crippen LogP contribution in [0.15, 0.2) is 41.1 Å². The van der Waals surface area contributed by atoms with Crippen LogP contribution < -0.4 is 5.32 Å². The predicted molar refractivity (Wildman–Crippen MR) is 72.6 cm³/mol. The summed E-state index contributed by atoms with van der Waals surface area (Å²) in [5.74, 6) is 0.331. The van der Waals surface area contributed by atoms with Crippen molar-refractivity contribution in [2.45, 2.75) is 13.0 Å². The number of hydrogen-bond donors (Lipinski definition) is 1. The van der Waals surface area contributed by atoms with Gasteiger partial charge in [0.25, 0.3) is 5.91 Å². The third-order valence-corrected chi connectivity index (χ3v) is 3.23. The summed E-state index contributed by atoms with van der Waals surface area (Å²) in [4.78, 5) is 12.1. The number of furan rings is 1. The Morgan fingerprint density at radius 1 is 1.40 bits per heavy atom. The zero-order valence-electron chi connectivity index (χ0n) is 10.6. The highest BCUT2D eigenvalue weighted by atomic mass is 35.5. The molecule has 1 unspecified atom stereocenters. The summed E-state index contributed by atoms with van der Waals surface area (Å²) in [5.41, 5.74) is 1.03. The monoisotopic (exact) mass is 290 g/mol. The highest BCUT2D eigenvalue weighted by Gasteiger charge is 2.19. The second kappa shape index (κ2) is 4.97. The normalized spacial score (nSPS) is 12.5.